The van der Waals surface area contributed by atoms with E-state index < -0.39 is 15.8 Å². The van der Waals surface area contributed by atoms with Gasteiger partial charge in [-0.25, -0.2) is 0 Å². The van der Waals surface area contributed by atoms with Crippen molar-refractivity contribution in [3.8, 4) is 0 Å². The summed E-state index contributed by atoms with van der Waals surface area (Å²) in [6.07, 6.45) is 4.46. The molecule has 0 fully saturated rings. The van der Waals surface area contributed by atoms with Gasteiger partial charge in [-0.05, 0) is 48.2 Å². The molecule has 42 heavy (non-hydrogen) atoms. The van der Waals surface area contributed by atoms with Crippen molar-refractivity contribution in [3.05, 3.63) is 205 Å². The minimum absolute atomic E-state index is 0.455. The van der Waals surface area contributed by atoms with Gasteiger partial charge < -0.3 is 0 Å². The first-order valence-electron chi connectivity index (χ1n) is 14.1. The highest BCUT2D eigenvalue weighted by Crippen LogP contribution is 2.36. The van der Waals surface area contributed by atoms with Gasteiger partial charge in [-0.3, -0.25) is 0 Å². The van der Waals surface area contributed by atoms with Crippen LogP contribution in [0.15, 0.2) is 194 Å². The minimum Gasteiger partial charge on any atom is -0.0622 e. The topological polar surface area (TPSA) is 0 Å². The van der Waals surface area contributed by atoms with Crippen LogP contribution in [0.25, 0.3) is 12.2 Å². The summed E-state index contributed by atoms with van der Waals surface area (Å²) in [7, 11) is -0.910. The number of hydrogen-bond acceptors (Lipinski definition) is 0. The van der Waals surface area contributed by atoms with Crippen molar-refractivity contribution in [2.24, 2.45) is 0 Å². The van der Waals surface area contributed by atoms with E-state index in [2.05, 4.69) is 206 Å². The van der Waals surface area contributed by atoms with Crippen LogP contribution in [0, 0.1) is 0 Å². The highest BCUT2D eigenvalue weighted by Gasteiger charge is 2.10. The zero-order valence-electron chi connectivity index (χ0n) is 23.5. The molecule has 0 saturated carbocycles. The summed E-state index contributed by atoms with van der Waals surface area (Å²) in [4.78, 5) is 0. The van der Waals surface area contributed by atoms with E-state index in [1.165, 1.54) is 32.3 Å². The lowest BCUT2D eigenvalue weighted by Gasteiger charge is -2.14. The summed E-state index contributed by atoms with van der Waals surface area (Å²) in [6, 6.07) is 63.9. The predicted molar refractivity (Wildman–Crippen MR) is 189 cm³/mol. The molecule has 0 N–H and O–H groups in total. The van der Waals surface area contributed by atoms with E-state index in [1.807, 2.05) is 0 Å². The molecule has 0 bridgehead atoms. The van der Waals surface area contributed by atoms with Crippen LogP contribution in [0.4, 0.5) is 0 Å². The van der Waals surface area contributed by atoms with E-state index >= 15 is 0 Å². The fourth-order valence-corrected chi connectivity index (χ4v) is 8.35. The summed E-state index contributed by atoms with van der Waals surface area (Å²) >= 11 is 0. The molecule has 204 valence electrons. The molecule has 0 atom stereocenters. The Balaban J connectivity index is 0.000000168. The van der Waals surface area contributed by atoms with Crippen molar-refractivity contribution >= 4 is 49.2 Å². The zero-order chi connectivity index (χ0) is 28.7. The molecular formula is C40H34P2. The largest absolute Gasteiger partial charge is 0.0622 e. The Morgan fingerprint density at radius 3 is 0.714 bits per heavy atom. The van der Waals surface area contributed by atoms with Crippen molar-refractivity contribution < 1.29 is 0 Å². The molecule has 6 aromatic rings. The second-order valence-corrected chi connectivity index (χ2v) is 13.7. The SMILES string of the molecule is C(=C\P(c1ccccc1)c1ccccc1)/c1ccccc1.C(=C\P(c1ccccc1)c1ccccc1)/c1ccccc1. The molecule has 0 amide bonds. The van der Waals surface area contributed by atoms with Gasteiger partial charge >= 0.3 is 0 Å². The van der Waals surface area contributed by atoms with Crippen LogP contribution in [-0.4, -0.2) is 0 Å². The van der Waals surface area contributed by atoms with Crippen molar-refractivity contribution in [1.82, 2.24) is 0 Å². The van der Waals surface area contributed by atoms with Gasteiger partial charge in [-0.1, -0.05) is 206 Å². The van der Waals surface area contributed by atoms with Crippen molar-refractivity contribution in [2.45, 2.75) is 0 Å². The molecule has 0 aromatic heterocycles. The monoisotopic (exact) mass is 576 g/mol. The van der Waals surface area contributed by atoms with Gasteiger partial charge in [0.2, 0.25) is 0 Å². The van der Waals surface area contributed by atoms with Gasteiger partial charge in [0, 0.05) is 0 Å². The van der Waals surface area contributed by atoms with Gasteiger partial charge in [-0.2, -0.15) is 0 Å². The molecule has 0 aliphatic heterocycles. The number of rotatable bonds is 8. The highest BCUT2D eigenvalue weighted by molar-refractivity contribution is 7.76. The molecule has 0 radical (unpaired) electrons. The highest BCUT2D eigenvalue weighted by atomic mass is 31.1. The molecule has 0 heterocycles. The summed E-state index contributed by atoms with van der Waals surface area (Å²) in [5.74, 6) is 4.69. The average molecular weight is 577 g/mol. The third kappa shape index (κ3) is 8.83. The summed E-state index contributed by atoms with van der Waals surface area (Å²) in [5.41, 5.74) is 2.49. The van der Waals surface area contributed by atoms with E-state index in [0.717, 1.165) is 0 Å². The van der Waals surface area contributed by atoms with Crippen LogP contribution in [0.5, 0.6) is 0 Å². The third-order valence-corrected chi connectivity index (χ3v) is 10.9. The summed E-state index contributed by atoms with van der Waals surface area (Å²) in [6.45, 7) is 0. The quantitative estimate of drug-likeness (QED) is 0.158. The van der Waals surface area contributed by atoms with Gasteiger partial charge in [0.25, 0.3) is 0 Å². The van der Waals surface area contributed by atoms with Crippen LogP contribution < -0.4 is 21.2 Å². The Morgan fingerprint density at radius 2 is 0.476 bits per heavy atom. The van der Waals surface area contributed by atoms with Gasteiger partial charge in [0.15, 0.2) is 0 Å². The van der Waals surface area contributed by atoms with Gasteiger partial charge in [-0.15, -0.1) is 0 Å². The maximum absolute atomic E-state index is 2.34. The average Bonchev–Trinajstić information content (AvgIpc) is 3.08. The smallest absolute Gasteiger partial charge is 0.0157 e. The Labute approximate surface area is 253 Å². The maximum atomic E-state index is 2.34. The Hall–Kier alpha value is -4.34. The van der Waals surface area contributed by atoms with Crippen LogP contribution in [0.2, 0.25) is 0 Å². The lowest BCUT2D eigenvalue weighted by molar-refractivity contribution is 1.66. The lowest BCUT2D eigenvalue weighted by Crippen LogP contribution is -2.09. The standard InChI is InChI=1S/2C20H17P/c2*1-4-10-18(11-5-1)16-17-21(19-12-6-2-7-13-19)20-14-8-3-9-15-20/h2*1-17H/b2*17-16+. The van der Waals surface area contributed by atoms with Gasteiger partial charge in [0.1, 0.15) is 0 Å². The summed E-state index contributed by atoms with van der Waals surface area (Å²) in [5, 5.41) is 5.52. The molecule has 2 heteroatoms. The molecule has 6 aromatic carbocycles. The molecule has 0 saturated heterocycles. The normalized spacial score (nSPS) is 11.1. The zero-order valence-corrected chi connectivity index (χ0v) is 25.3. The van der Waals surface area contributed by atoms with Gasteiger partial charge in [0.05, 0.1) is 0 Å². The van der Waals surface area contributed by atoms with E-state index in [9.17, 15) is 0 Å². The third-order valence-electron chi connectivity index (χ3n) is 6.57. The van der Waals surface area contributed by atoms with Crippen LogP contribution in [0.3, 0.4) is 0 Å². The first-order chi connectivity index (χ1) is 20.9. The molecule has 0 unspecified atom stereocenters. The first-order valence-corrected chi connectivity index (χ1v) is 16.9. The molecule has 6 rings (SSSR count). The first kappa shape index (κ1) is 29.2. The van der Waals surface area contributed by atoms with Crippen LogP contribution >= 0.6 is 15.8 Å². The van der Waals surface area contributed by atoms with Crippen LogP contribution in [-0.2, 0) is 0 Å². The van der Waals surface area contributed by atoms with Crippen LogP contribution in [0.1, 0.15) is 11.1 Å². The maximum Gasteiger partial charge on any atom is -0.0157 e. The molecule has 0 aliphatic rings. The van der Waals surface area contributed by atoms with E-state index in [4.69, 9.17) is 0 Å². The molecule has 0 spiro atoms. The number of hydrogen-bond donors (Lipinski definition) is 0. The lowest BCUT2D eigenvalue weighted by atomic mass is 10.2. The Morgan fingerprint density at radius 1 is 0.262 bits per heavy atom. The van der Waals surface area contributed by atoms with E-state index in [1.54, 1.807) is 0 Å². The minimum atomic E-state index is -0.455. The fourth-order valence-electron chi connectivity index (χ4n) is 4.45. The van der Waals surface area contributed by atoms with E-state index in [-0.39, 0.29) is 0 Å². The molecular weight excluding hydrogens is 542 g/mol. The van der Waals surface area contributed by atoms with E-state index in [0.29, 0.717) is 0 Å². The van der Waals surface area contributed by atoms with Crippen molar-refractivity contribution in [1.29, 1.82) is 0 Å². The molecule has 0 aliphatic carbocycles. The molecule has 0 nitrogen and oxygen atoms in total. The Bertz CT molecular complexity index is 1420. The predicted octanol–water partition coefficient (Wildman–Crippen LogP) is 9.58. The number of benzene rings is 6. The Kier molecular flexibility index (Phi) is 11.2. The second-order valence-electron chi connectivity index (χ2n) is 9.54. The second kappa shape index (κ2) is 16.2. The van der Waals surface area contributed by atoms with Crippen molar-refractivity contribution in [3.63, 3.8) is 0 Å². The fraction of sp³-hybridized carbons (Fsp3) is 0. The summed E-state index contributed by atoms with van der Waals surface area (Å²) < 4.78 is 0. The van der Waals surface area contributed by atoms with Crippen molar-refractivity contribution in [2.75, 3.05) is 0 Å².